The van der Waals surface area contributed by atoms with Gasteiger partial charge in [-0.25, -0.2) is 0 Å². The van der Waals surface area contributed by atoms with Crippen LogP contribution in [0.5, 0.6) is 0 Å². The fourth-order valence-electron chi connectivity index (χ4n) is 0.559. The van der Waals surface area contributed by atoms with Crippen LogP contribution in [0.1, 0.15) is 20.8 Å². The van der Waals surface area contributed by atoms with E-state index in [0.29, 0.717) is 6.29 Å². The Labute approximate surface area is 68.7 Å². The lowest BCUT2D eigenvalue weighted by atomic mass is 10.1. The zero-order chi connectivity index (χ0) is 9.99. The van der Waals surface area contributed by atoms with E-state index in [1.54, 1.807) is 0 Å². The monoisotopic (exact) mass is 184 g/mol. The molecule has 0 saturated heterocycles. The van der Waals surface area contributed by atoms with Crippen molar-refractivity contribution in [2.45, 2.75) is 38.7 Å². The first-order valence-corrected chi connectivity index (χ1v) is 3.40. The summed E-state index contributed by atoms with van der Waals surface area (Å²) < 4.78 is 40.7. The van der Waals surface area contributed by atoms with Gasteiger partial charge in [0.05, 0.1) is 0 Å². The standard InChI is InChI=1S/C7H11F3O2/c1-5(4-11)12-6(2,3)7(8,9)10/h4-5H,1-3H3/t5-/m1/s1. The lowest BCUT2D eigenvalue weighted by Gasteiger charge is -2.29. The highest BCUT2D eigenvalue weighted by Crippen LogP contribution is 2.33. The third-order valence-corrected chi connectivity index (χ3v) is 1.35. The Morgan fingerprint density at radius 2 is 1.75 bits per heavy atom. The SMILES string of the molecule is C[C@H](C=O)OC(C)(C)C(F)(F)F. The van der Waals surface area contributed by atoms with Crippen LogP contribution in [0.4, 0.5) is 13.2 Å². The van der Waals surface area contributed by atoms with E-state index in [9.17, 15) is 18.0 Å². The molecule has 0 heterocycles. The minimum atomic E-state index is -4.45. The summed E-state index contributed by atoms with van der Waals surface area (Å²) >= 11 is 0. The number of rotatable bonds is 3. The second kappa shape index (κ2) is 3.43. The van der Waals surface area contributed by atoms with Gasteiger partial charge in [-0.3, -0.25) is 0 Å². The van der Waals surface area contributed by atoms with Crippen molar-refractivity contribution >= 4 is 6.29 Å². The van der Waals surface area contributed by atoms with E-state index < -0.39 is 17.9 Å². The van der Waals surface area contributed by atoms with E-state index in [0.717, 1.165) is 13.8 Å². The maximum atomic E-state index is 12.1. The van der Waals surface area contributed by atoms with Gasteiger partial charge in [-0.05, 0) is 20.8 Å². The first-order chi connectivity index (χ1) is 5.20. The summed E-state index contributed by atoms with van der Waals surface area (Å²) in [5.74, 6) is 0. The van der Waals surface area contributed by atoms with Gasteiger partial charge >= 0.3 is 6.18 Å². The van der Waals surface area contributed by atoms with E-state index in [1.165, 1.54) is 6.92 Å². The summed E-state index contributed by atoms with van der Waals surface area (Å²) in [5.41, 5.74) is -2.27. The molecule has 0 aliphatic heterocycles. The number of carbonyl (C=O) groups excluding carboxylic acids is 1. The number of aldehydes is 1. The van der Waals surface area contributed by atoms with Crippen LogP contribution in [0.25, 0.3) is 0 Å². The molecule has 0 amide bonds. The van der Waals surface area contributed by atoms with Gasteiger partial charge in [0, 0.05) is 0 Å². The molecule has 1 atom stereocenters. The van der Waals surface area contributed by atoms with Crippen LogP contribution in [0.2, 0.25) is 0 Å². The van der Waals surface area contributed by atoms with Crippen molar-refractivity contribution in [3.63, 3.8) is 0 Å². The summed E-state index contributed by atoms with van der Waals surface area (Å²) in [6.07, 6.45) is -5.17. The molecular formula is C7H11F3O2. The lowest BCUT2D eigenvalue weighted by molar-refractivity contribution is -0.270. The van der Waals surface area contributed by atoms with Crippen molar-refractivity contribution in [1.82, 2.24) is 0 Å². The van der Waals surface area contributed by atoms with Gasteiger partial charge in [-0.2, -0.15) is 13.2 Å². The largest absolute Gasteiger partial charge is 0.416 e. The summed E-state index contributed by atoms with van der Waals surface area (Å²) in [7, 11) is 0. The Bertz CT molecular complexity index is 163. The summed E-state index contributed by atoms with van der Waals surface area (Å²) in [5, 5.41) is 0. The second-order valence-electron chi connectivity index (χ2n) is 2.97. The van der Waals surface area contributed by atoms with E-state index in [2.05, 4.69) is 4.74 Å². The molecule has 72 valence electrons. The maximum absolute atomic E-state index is 12.1. The second-order valence-corrected chi connectivity index (χ2v) is 2.97. The van der Waals surface area contributed by atoms with Gasteiger partial charge in [0.15, 0.2) is 5.60 Å². The van der Waals surface area contributed by atoms with E-state index in [-0.39, 0.29) is 0 Å². The molecule has 0 aliphatic carbocycles. The van der Waals surface area contributed by atoms with Crippen molar-refractivity contribution < 1.29 is 22.7 Å². The van der Waals surface area contributed by atoms with Crippen LogP contribution in [0.3, 0.4) is 0 Å². The molecule has 0 spiro atoms. The molecule has 0 aliphatic rings. The molecule has 2 nitrogen and oxygen atoms in total. The van der Waals surface area contributed by atoms with Gasteiger partial charge < -0.3 is 9.53 Å². The summed E-state index contributed by atoms with van der Waals surface area (Å²) in [4.78, 5) is 10.0. The number of hydrogen-bond donors (Lipinski definition) is 0. The molecule has 0 rings (SSSR count). The van der Waals surface area contributed by atoms with Gasteiger partial charge in [-0.15, -0.1) is 0 Å². The highest BCUT2D eigenvalue weighted by molar-refractivity contribution is 5.55. The normalized spacial score (nSPS) is 15.8. The molecule has 0 aromatic carbocycles. The molecule has 0 fully saturated rings. The highest BCUT2D eigenvalue weighted by Gasteiger charge is 2.49. The molecule has 5 heteroatoms. The molecule has 0 bridgehead atoms. The molecule has 0 unspecified atom stereocenters. The number of halogens is 3. The van der Waals surface area contributed by atoms with Crippen LogP contribution >= 0.6 is 0 Å². The summed E-state index contributed by atoms with van der Waals surface area (Å²) in [6.45, 7) is 3.03. The van der Waals surface area contributed by atoms with Crippen LogP contribution in [-0.2, 0) is 9.53 Å². The van der Waals surface area contributed by atoms with E-state index >= 15 is 0 Å². The third kappa shape index (κ3) is 2.81. The minimum absolute atomic E-state index is 0.327. The maximum Gasteiger partial charge on any atom is 0.416 e. The number of carbonyl (C=O) groups is 1. The fraction of sp³-hybridized carbons (Fsp3) is 0.857. The van der Waals surface area contributed by atoms with Crippen molar-refractivity contribution in [3.8, 4) is 0 Å². The highest BCUT2D eigenvalue weighted by atomic mass is 19.4. The Morgan fingerprint density at radius 3 is 2.00 bits per heavy atom. The van der Waals surface area contributed by atoms with Crippen molar-refractivity contribution in [1.29, 1.82) is 0 Å². The van der Waals surface area contributed by atoms with Gasteiger partial charge in [0.2, 0.25) is 0 Å². The molecule has 0 radical (unpaired) electrons. The Balaban J connectivity index is 4.32. The van der Waals surface area contributed by atoms with Gasteiger partial charge in [0.25, 0.3) is 0 Å². The zero-order valence-electron chi connectivity index (χ0n) is 7.11. The zero-order valence-corrected chi connectivity index (χ0v) is 7.11. The molecule has 0 aromatic heterocycles. The van der Waals surface area contributed by atoms with Crippen molar-refractivity contribution in [3.05, 3.63) is 0 Å². The van der Waals surface area contributed by atoms with Gasteiger partial charge in [-0.1, -0.05) is 0 Å². The van der Waals surface area contributed by atoms with Crippen LogP contribution in [-0.4, -0.2) is 24.2 Å². The molecule has 0 aromatic rings. The number of ether oxygens (including phenoxy) is 1. The quantitative estimate of drug-likeness (QED) is 0.626. The third-order valence-electron chi connectivity index (χ3n) is 1.35. The predicted octanol–water partition coefficient (Wildman–Crippen LogP) is 1.93. The van der Waals surface area contributed by atoms with E-state index in [1.807, 2.05) is 0 Å². The predicted molar refractivity (Wildman–Crippen MR) is 36.7 cm³/mol. The van der Waals surface area contributed by atoms with Crippen LogP contribution in [0, 0.1) is 0 Å². The average molecular weight is 184 g/mol. The van der Waals surface area contributed by atoms with E-state index in [4.69, 9.17) is 0 Å². The van der Waals surface area contributed by atoms with Crippen molar-refractivity contribution in [2.24, 2.45) is 0 Å². The molecule has 12 heavy (non-hydrogen) atoms. The topological polar surface area (TPSA) is 26.3 Å². The smallest absolute Gasteiger partial charge is 0.356 e. The number of alkyl halides is 3. The first kappa shape index (κ1) is 11.4. The Morgan fingerprint density at radius 1 is 1.33 bits per heavy atom. The molecule has 0 N–H and O–H groups in total. The molecule has 0 saturated carbocycles. The summed E-state index contributed by atoms with van der Waals surface area (Å²) in [6, 6.07) is 0. The minimum Gasteiger partial charge on any atom is -0.356 e. The fourth-order valence-corrected chi connectivity index (χ4v) is 0.559. The Kier molecular flexibility index (Phi) is 3.26. The van der Waals surface area contributed by atoms with Crippen LogP contribution in [0.15, 0.2) is 0 Å². The Hall–Kier alpha value is -0.580. The van der Waals surface area contributed by atoms with Crippen molar-refractivity contribution in [2.75, 3.05) is 0 Å². The van der Waals surface area contributed by atoms with Crippen LogP contribution < -0.4 is 0 Å². The lowest BCUT2D eigenvalue weighted by Crippen LogP contribution is -2.44. The van der Waals surface area contributed by atoms with Gasteiger partial charge in [0.1, 0.15) is 12.4 Å². The molecular weight excluding hydrogens is 173 g/mol. The number of hydrogen-bond acceptors (Lipinski definition) is 2. The average Bonchev–Trinajstić information content (AvgIpc) is 1.84. The first-order valence-electron chi connectivity index (χ1n) is 3.40.